The maximum absolute atomic E-state index is 10.8. The van der Waals surface area contributed by atoms with Crippen molar-refractivity contribution in [3.8, 4) is 5.82 Å². The molecule has 11 nitrogen and oxygen atoms in total. The molecule has 1 atom stereocenters. The minimum atomic E-state index is -0.934. The molecule has 0 saturated heterocycles. The van der Waals surface area contributed by atoms with Gasteiger partial charge in [-0.25, -0.2) is 14.5 Å². The zero-order chi connectivity index (χ0) is 22.9. The van der Waals surface area contributed by atoms with Crippen LogP contribution in [0.25, 0.3) is 11.5 Å². The smallest absolute Gasteiger partial charge is 0.207 e. The van der Waals surface area contributed by atoms with Gasteiger partial charge < -0.3 is 15.7 Å². The normalized spacial score (nSPS) is 12.7. The third-order valence-electron chi connectivity index (χ3n) is 5.00. The molecule has 1 unspecified atom stereocenters. The number of carbonyl (C=O) groups is 1. The molecule has 0 saturated carbocycles. The number of rotatable bonds is 8. The highest BCUT2D eigenvalue weighted by molar-refractivity contribution is 6.32. The number of pyridine rings is 1. The Morgan fingerprint density at radius 2 is 1.94 bits per heavy atom. The SMILES string of the molecule is CC(C)(c1c(Nc2cnc(-n3nccn3)c(Cl)c2)cnc2cc(Cl)nn12)C(O)CNC=O. The molecule has 0 aromatic carbocycles. The zero-order valence-electron chi connectivity index (χ0n) is 17.1. The van der Waals surface area contributed by atoms with E-state index in [4.69, 9.17) is 23.2 Å². The lowest BCUT2D eigenvalue weighted by Crippen LogP contribution is -2.42. The molecule has 0 aliphatic rings. The van der Waals surface area contributed by atoms with Crippen LogP contribution < -0.4 is 10.6 Å². The van der Waals surface area contributed by atoms with Crippen LogP contribution in [-0.4, -0.2) is 58.7 Å². The van der Waals surface area contributed by atoms with Crippen molar-refractivity contribution in [2.24, 2.45) is 0 Å². The van der Waals surface area contributed by atoms with Crippen LogP contribution in [0.2, 0.25) is 10.2 Å². The Hall–Kier alpha value is -3.28. The number of anilines is 2. The Bertz CT molecular complexity index is 1260. The van der Waals surface area contributed by atoms with Crippen molar-refractivity contribution in [3.05, 3.63) is 52.8 Å². The Morgan fingerprint density at radius 1 is 1.19 bits per heavy atom. The van der Waals surface area contributed by atoms with E-state index in [0.717, 1.165) is 0 Å². The number of halogens is 2. The molecule has 0 radical (unpaired) electrons. The maximum Gasteiger partial charge on any atom is 0.207 e. The average Bonchev–Trinajstić information content (AvgIpc) is 3.40. The lowest BCUT2D eigenvalue weighted by atomic mass is 9.81. The lowest BCUT2D eigenvalue weighted by Gasteiger charge is -2.32. The van der Waals surface area contributed by atoms with E-state index in [1.807, 2.05) is 13.8 Å². The molecule has 0 spiro atoms. The average molecular weight is 476 g/mol. The first kappa shape index (κ1) is 21.9. The monoisotopic (exact) mass is 475 g/mol. The predicted octanol–water partition coefficient (Wildman–Crippen LogP) is 2.14. The molecule has 1 amide bonds. The van der Waals surface area contributed by atoms with E-state index < -0.39 is 11.5 Å². The van der Waals surface area contributed by atoms with Crippen molar-refractivity contribution < 1.29 is 9.90 Å². The van der Waals surface area contributed by atoms with Crippen LogP contribution in [0.15, 0.2) is 36.9 Å². The highest BCUT2D eigenvalue weighted by Crippen LogP contribution is 2.35. The summed E-state index contributed by atoms with van der Waals surface area (Å²) < 4.78 is 1.56. The highest BCUT2D eigenvalue weighted by Gasteiger charge is 2.35. The van der Waals surface area contributed by atoms with Gasteiger partial charge in [-0.2, -0.15) is 15.3 Å². The van der Waals surface area contributed by atoms with E-state index in [2.05, 4.69) is 35.9 Å². The number of fused-ring (bicyclic) bond motifs is 1. The summed E-state index contributed by atoms with van der Waals surface area (Å²) in [4.78, 5) is 20.8. The van der Waals surface area contributed by atoms with E-state index in [-0.39, 0.29) is 11.7 Å². The Balaban J connectivity index is 1.77. The first-order valence-electron chi connectivity index (χ1n) is 9.50. The number of hydrogen-bond donors (Lipinski definition) is 3. The molecule has 0 fully saturated rings. The molecule has 13 heteroatoms. The Morgan fingerprint density at radius 3 is 2.62 bits per heavy atom. The van der Waals surface area contributed by atoms with Gasteiger partial charge in [0, 0.05) is 18.0 Å². The van der Waals surface area contributed by atoms with Gasteiger partial charge in [0.15, 0.2) is 16.6 Å². The molecular weight excluding hydrogens is 457 g/mol. The number of carbonyl (C=O) groups excluding carboxylic acids is 1. The summed E-state index contributed by atoms with van der Waals surface area (Å²) >= 11 is 12.5. The minimum Gasteiger partial charge on any atom is -0.390 e. The number of nitrogens with zero attached hydrogens (tertiary/aromatic N) is 7. The van der Waals surface area contributed by atoms with Crippen molar-refractivity contribution in [1.29, 1.82) is 0 Å². The summed E-state index contributed by atoms with van der Waals surface area (Å²) in [6, 6.07) is 3.29. The molecular formula is C19H19Cl2N9O2. The molecule has 32 heavy (non-hydrogen) atoms. The molecule has 4 rings (SSSR count). The second-order valence-electron chi connectivity index (χ2n) is 7.49. The van der Waals surface area contributed by atoms with Crippen LogP contribution in [-0.2, 0) is 10.2 Å². The minimum absolute atomic E-state index is 0.0493. The lowest BCUT2D eigenvalue weighted by molar-refractivity contribution is -0.110. The van der Waals surface area contributed by atoms with Crippen molar-refractivity contribution in [3.63, 3.8) is 0 Å². The van der Waals surface area contributed by atoms with Gasteiger partial charge in [0.25, 0.3) is 0 Å². The number of hydrogen-bond acceptors (Lipinski definition) is 8. The van der Waals surface area contributed by atoms with E-state index in [0.29, 0.717) is 40.0 Å². The fraction of sp³-hybridized carbons (Fsp3) is 0.263. The van der Waals surface area contributed by atoms with Gasteiger partial charge in [0.2, 0.25) is 6.41 Å². The zero-order valence-corrected chi connectivity index (χ0v) is 18.6. The first-order valence-corrected chi connectivity index (χ1v) is 10.3. The summed E-state index contributed by atoms with van der Waals surface area (Å²) in [5.41, 5.74) is 1.36. The van der Waals surface area contributed by atoms with Crippen LogP contribution in [0.3, 0.4) is 0 Å². The second-order valence-corrected chi connectivity index (χ2v) is 8.29. The standard InChI is InChI=1S/C19H19Cl2N9O2/c1-19(2,14(32)9-22-10-31)17-13(8-23-16-6-15(21)28-29(16)17)27-11-5-12(20)18(24-7-11)30-25-3-4-26-30/h3-8,10,14,27,32H,9H2,1-2H3,(H,22,31). The van der Waals surface area contributed by atoms with Gasteiger partial charge in [0.05, 0.1) is 53.0 Å². The maximum atomic E-state index is 10.8. The number of amides is 1. The second kappa shape index (κ2) is 8.69. The molecule has 166 valence electrons. The van der Waals surface area contributed by atoms with Crippen molar-refractivity contribution in [2.45, 2.75) is 25.4 Å². The van der Waals surface area contributed by atoms with Crippen LogP contribution in [0, 0.1) is 0 Å². The van der Waals surface area contributed by atoms with Crippen LogP contribution >= 0.6 is 23.2 Å². The molecule has 0 bridgehead atoms. The van der Waals surface area contributed by atoms with Gasteiger partial charge in [-0.3, -0.25) is 4.79 Å². The largest absolute Gasteiger partial charge is 0.390 e. The molecule has 4 aromatic rings. The van der Waals surface area contributed by atoms with Crippen molar-refractivity contribution in [1.82, 2.24) is 39.9 Å². The van der Waals surface area contributed by atoms with E-state index >= 15 is 0 Å². The number of aliphatic hydroxyl groups excluding tert-OH is 1. The van der Waals surface area contributed by atoms with Crippen LogP contribution in [0.1, 0.15) is 19.5 Å². The molecule has 3 N–H and O–H groups in total. The quantitative estimate of drug-likeness (QED) is 0.329. The third-order valence-corrected chi connectivity index (χ3v) is 5.46. The van der Waals surface area contributed by atoms with Crippen molar-refractivity contribution >= 4 is 46.6 Å². The van der Waals surface area contributed by atoms with Crippen LogP contribution in [0.4, 0.5) is 11.4 Å². The fourth-order valence-corrected chi connectivity index (χ4v) is 3.73. The number of aliphatic hydroxyl groups is 1. The third kappa shape index (κ3) is 4.09. The Labute approximate surface area is 192 Å². The summed E-state index contributed by atoms with van der Waals surface area (Å²) in [7, 11) is 0. The van der Waals surface area contributed by atoms with Crippen LogP contribution in [0.5, 0.6) is 0 Å². The van der Waals surface area contributed by atoms with Gasteiger partial charge in [0.1, 0.15) is 0 Å². The van der Waals surface area contributed by atoms with E-state index in [9.17, 15) is 9.90 Å². The summed E-state index contributed by atoms with van der Waals surface area (Å²) in [6.07, 6.45) is 5.85. The first-order chi connectivity index (χ1) is 15.3. The van der Waals surface area contributed by atoms with E-state index in [1.165, 1.54) is 17.2 Å². The molecule has 4 heterocycles. The summed E-state index contributed by atoms with van der Waals surface area (Å²) in [5.74, 6) is 0.380. The van der Waals surface area contributed by atoms with Gasteiger partial charge in [-0.05, 0) is 6.07 Å². The number of nitrogens with one attached hydrogen (secondary N) is 2. The molecule has 0 aliphatic carbocycles. The van der Waals surface area contributed by atoms with Crippen molar-refractivity contribution in [2.75, 3.05) is 11.9 Å². The highest BCUT2D eigenvalue weighted by atomic mass is 35.5. The topological polar surface area (TPSA) is 135 Å². The summed E-state index contributed by atoms with van der Waals surface area (Å²) in [5, 5.41) is 29.5. The fourth-order valence-electron chi connectivity index (χ4n) is 3.32. The predicted molar refractivity (Wildman–Crippen MR) is 119 cm³/mol. The van der Waals surface area contributed by atoms with Gasteiger partial charge >= 0.3 is 0 Å². The summed E-state index contributed by atoms with van der Waals surface area (Å²) in [6.45, 7) is 3.71. The molecule has 0 aliphatic heterocycles. The number of aromatic nitrogens is 7. The van der Waals surface area contributed by atoms with Gasteiger partial charge in [-0.1, -0.05) is 37.0 Å². The van der Waals surface area contributed by atoms with Gasteiger partial charge in [-0.15, -0.1) is 4.80 Å². The van der Waals surface area contributed by atoms with E-state index in [1.54, 1.807) is 29.0 Å². The Kier molecular flexibility index (Phi) is 5.96. The molecule has 4 aromatic heterocycles.